The fourth-order valence-electron chi connectivity index (χ4n) is 1.78. The number of thiazole rings is 1. The van der Waals surface area contributed by atoms with Gasteiger partial charge >= 0.3 is 0 Å². The average molecular weight is 355 g/mol. The summed E-state index contributed by atoms with van der Waals surface area (Å²) in [5, 5.41) is 7.98. The highest BCUT2D eigenvalue weighted by atomic mass is 35.5. The lowest BCUT2D eigenvalue weighted by atomic mass is 10.3. The summed E-state index contributed by atoms with van der Waals surface area (Å²) in [6.07, 6.45) is 0.873. The van der Waals surface area contributed by atoms with Gasteiger partial charge in [0.15, 0.2) is 0 Å². The summed E-state index contributed by atoms with van der Waals surface area (Å²) < 4.78 is 0. The predicted molar refractivity (Wildman–Crippen MR) is 94.1 cm³/mol. The second kappa shape index (κ2) is 9.94. The summed E-state index contributed by atoms with van der Waals surface area (Å²) in [7, 11) is 0. The number of amides is 2. The minimum atomic E-state index is -0.271. The summed E-state index contributed by atoms with van der Waals surface area (Å²) in [6, 6.07) is 9.19. The number of carbonyl (C=O) groups excluding carboxylic acids is 2. The molecule has 0 radical (unpaired) electrons. The largest absolute Gasteiger partial charge is 0.350 e. The minimum Gasteiger partial charge on any atom is -0.350 e. The number of halogens is 1. The molecule has 2 aromatic rings. The highest BCUT2D eigenvalue weighted by Gasteiger charge is 2.10. The van der Waals surface area contributed by atoms with Crippen molar-refractivity contribution in [2.75, 3.05) is 18.4 Å². The van der Waals surface area contributed by atoms with Crippen molar-refractivity contribution in [1.82, 2.24) is 10.3 Å². The minimum absolute atomic E-state index is 0. The fourth-order valence-corrected chi connectivity index (χ4v) is 2.57. The zero-order valence-electron chi connectivity index (χ0n) is 12.5. The number of hydrogen-bond donors (Lipinski definition) is 3. The summed E-state index contributed by atoms with van der Waals surface area (Å²) in [5.41, 5.74) is 6.56. The van der Waals surface area contributed by atoms with Crippen LogP contribution in [0, 0.1) is 0 Å². The smallest absolute Gasteiger partial charge is 0.270 e. The molecule has 4 N–H and O–H groups in total. The molecule has 1 heterocycles. The second-order valence-electron chi connectivity index (χ2n) is 4.59. The molecule has 0 spiro atoms. The first-order valence-electron chi connectivity index (χ1n) is 6.96. The molecule has 0 saturated carbocycles. The van der Waals surface area contributed by atoms with Gasteiger partial charge in [0, 0.05) is 30.5 Å². The molecule has 2 rings (SSSR count). The van der Waals surface area contributed by atoms with Gasteiger partial charge in [-0.2, -0.15) is 0 Å². The number of rotatable bonds is 7. The maximum Gasteiger partial charge on any atom is 0.270 e. The van der Waals surface area contributed by atoms with Gasteiger partial charge in [-0.15, -0.1) is 23.7 Å². The molecule has 0 atom stereocenters. The van der Waals surface area contributed by atoms with Gasteiger partial charge in [0.2, 0.25) is 5.91 Å². The van der Waals surface area contributed by atoms with E-state index in [1.165, 1.54) is 11.3 Å². The van der Waals surface area contributed by atoms with E-state index in [0.29, 0.717) is 18.7 Å². The summed E-state index contributed by atoms with van der Waals surface area (Å²) in [4.78, 5) is 27.8. The van der Waals surface area contributed by atoms with Gasteiger partial charge in [-0.05, 0) is 18.7 Å². The van der Waals surface area contributed by atoms with Crippen molar-refractivity contribution in [3.8, 4) is 0 Å². The van der Waals surface area contributed by atoms with Crippen molar-refractivity contribution in [3.05, 3.63) is 46.4 Å². The van der Waals surface area contributed by atoms with Crippen LogP contribution >= 0.6 is 23.7 Å². The van der Waals surface area contributed by atoms with Gasteiger partial charge in [0.25, 0.3) is 5.91 Å². The van der Waals surface area contributed by atoms with Crippen LogP contribution in [0.25, 0.3) is 0 Å². The van der Waals surface area contributed by atoms with E-state index in [1.807, 2.05) is 30.3 Å². The highest BCUT2D eigenvalue weighted by Crippen LogP contribution is 2.10. The van der Waals surface area contributed by atoms with E-state index in [1.54, 1.807) is 5.38 Å². The Morgan fingerprint density at radius 3 is 2.65 bits per heavy atom. The monoisotopic (exact) mass is 354 g/mol. The number of hydrogen-bond acceptors (Lipinski definition) is 5. The van der Waals surface area contributed by atoms with Gasteiger partial charge in [-0.25, -0.2) is 4.98 Å². The maximum absolute atomic E-state index is 11.9. The number of benzene rings is 1. The van der Waals surface area contributed by atoms with E-state index >= 15 is 0 Å². The molecular formula is C15H19ClN4O2S. The molecule has 1 aromatic carbocycles. The Morgan fingerprint density at radius 1 is 1.22 bits per heavy atom. The Labute approximate surface area is 144 Å². The summed E-state index contributed by atoms with van der Waals surface area (Å²) in [5.74, 6) is -0.416. The van der Waals surface area contributed by atoms with Crippen LogP contribution in [0.1, 0.15) is 21.9 Å². The van der Waals surface area contributed by atoms with Crippen LogP contribution in [0.3, 0.4) is 0 Å². The van der Waals surface area contributed by atoms with Crippen LogP contribution in [-0.2, 0) is 11.2 Å². The average Bonchev–Trinajstić information content (AvgIpc) is 2.97. The van der Waals surface area contributed by atoms with Crippen molar-refractivity contribution in [3.63, 3.8) is 0 Å². The van der Waals surface area contributed by atoms with Gasteiger partial charge in [0.05, 0.1) is 5.01 Å². The van der Waals surface area contributed by atoms with Crippen molar-refractivity contribution in [2.24, 2.45) is 5.73 Å². The topological polar surface area (TPSA) is 97.1 Å². The summed E-state index contributed by atoms with van der Waals surface area (Å²) >= 11 is 1.41. The maximum atomic E-state index is 11.9. The standard InChI is InChI=1S/C15H18N4O2S.ClH/c16-8-6-14-19-12(10-22-14)15(21)17-9-7-13(20)18-11-4-2-1-3-5-11;/h1-5,10H,6-9,16H2,(H,17,21)(H,18,20);1H. The van der Waals surface area contributed by atoms with Crippen LogP contribution in [0.4, 0.5) is 5.69 Å². The Hall–Kier alpha value is -1.96. The molecule has 0 bridgehead atoms. The van der Waals surface area contributed by atoms with E-state index in [-0.39, 0.29) is 37.2 Å². The van der Waals surface area contributed by atoms with Crippen molar-refractivity contribution in [2.45, 2.75) is 12.8 Å². The normalized spacial score (nSPS) is 9.78. The first kappa shape index (κ1) is 19.1. The lowest BCUT2D eigenvalue weighted by Crippen LogP contribution is -2.28. The van der Waals surface area contributed by atoms with Gasteiger partial charge in [-0.1, -0.05) is 18.2 Å². The molecular weight excluding hydrogens is 336 g/mol. The number of nitrogens with one attached hydrogen (secondary N) is 2. The molecule has 23 heavy (non-hydrogen) atoms. The Bertz CT molecular complexity index is 633. The van der Waals surface area contributed by atoms with Crippen LogP contribution in [0.5, 0.6) is 0 Å². The molecule has 0 aliphatic carbocycles. The van der Waals surface area contributed by atoms with Crippen LogP contribution in [-0.4, -0.2) is 29.9 Å². The van der Waals surface area contributed by atoms with Gasteiger partial charge in [-0.3, -0.25) is 9.59 Å². The van der Waals surface area contributed by atoms with E-state index in [0.717, 1.165) is 10.7 Å². The lowest BCUT2D eigenvalue weighted by Gasteiger charge is -2.05. The third-order valence-corrected chi connectivity index (χ3v) is 3.75. The Balaban J connectivity index is 0.00000264. The predicted octanol–water partition coefficient (Wildman–Crippen LogP) is 1.82. The van der Waals surface area contributed by atoms with Crippen molar-refractivity contribution in [1.29, 1.82) is 0 Å². The van der Waals surface area contributed by atoms with Crippen molar-refractivity contribution < 1.29 is 9.59 Å². The molecule has 8 heteroatoms. The van der Waals surface area contributed by atoms with Crippen LogP contribution < -0.4 is 16.4 Å². The molecule has 1 aromatic heterocycles. The number of nitrogens with zero attached hydrogens (tertiary/aromatic N) is 1. The first-order valence-corrected chi connectivity index (χ1v) is 7.84. The number of nitrogens with two attached hydrogens (primary N) is 1. The zero-order chi connectivity index (χ0) is 15.8. The van der Waals surface area contributed by atoms with Crippen molar-refractivity contribution >= 4 is 41.2 Å². The van der Waals surface area contributed by atoms with E-state index in [4.69, 9.17) is 5.73 Å². The quantitative estimate of drug-likeness (QED) is 0.706. The van der Waals surface area contributed by atoms with E-state index < -0.39 is 0 Å². The number of para-hydroxylation sites is 1. The molecule has 0 aliphatic rings. The Kier molecular flexibility index (Phi) is 8.25. The van der Waals surface area contributed by atoms with Gasteiger partial charge in [0.1, 0.15) is 5.69 Å². The highest BCUT2D eigenvalue weighted by molar-refractivity contribution is 7.09. The molecule has 124 valence electrons. The molecule has 6 nitrogen and oxygen atoms in total. The zero-order valence-corrected chi connectivity index (χ0v) is 14.1. The second-order valence-corrected chi connectivity index (χ2v) is 5.53. The SMILES string of the molecule is Cl.NCCc1nc(C(=O)NCCC(=O)Nc2ccccc2)cs1. The Morgan fingerprint density at radius 2 is 1.96 bits per heavy atom. The van der Waals surface area contributed by atoms with Crippen LogP contribution in [0.15, 0.2) is 35.7 Å². The fraction of sp³-hybridized carbons (Fsp3) is 0.267. The van der Waals surface area contributed by atoms with E-state index in [2.05, 4.69) is 15.6 Å². The summed E-state index contributed by atoms with van der Waals surface area (Å²) in [6.45, 7) is 0.773. The lowest BCUT2D eigenvalue weighted by molar-refractivity contribution is -0.116. The molecule has 0 aliphatic heterocycles. The van der Waals surface area contributed by atoms with E-state index in [9.17, 15) is 9.59 Å². The molecule has 0 fully saturated rings. The molecule has 2 amide bonds. The van der Waals surface area contributed by atoms with Gasteiger partial charge < -0.3 is 16.4 Å². The third-order valence-electron chi connectivity index (χ3n) is 2.84. The number of aromatic nitrogens is 1. The molecule has 0 unspecified atom stereocenters. The number of anilines is 1. The van der Waals surface area contributed by atoms with Crippen LogP contribution in [0.2, 0.25) is 0 Å². The number of carbonyl (C=O) groups is 2. The first-order chi connectivity index (χ1) is 10.7. The molecule has 0 saturated heterocycles. The third kappa shape index (κ3) is 6.35.